The van der Waals surface area contributed by atoms with E-state index >= 15 is 0 Å². The molecule has 1 N–H and O–H groups in total. The van der Waals surface area contributed by atoms with Crippen LogP contribution in [0.15, 0.2) is 0 Å². The van der Waals surface area contributed by atoms with Gasteiger partial charge in [0.05, 0.1) is 0 Å². The number of aromatic nitrogens is 2. The molecule has 0 fully saturated rings. The Morgan fingerprint density at radius 3 is 2.80 bits per heavy atom. The second kappa shape index (κ2) is 7.16. The van der Waals surface area contributed by atoms with Crippen LogP contribution in [0.5, 0.6) is 0 Å². The summed E-state index contributed by atoms with van der Waals surface area (Å²) in [6.45, 7) is 9.93. The summed E-state index contributed by atoms with van der Waals surface area (Å²) in [6.07, 6.45) is 6.97. The van der Waals surface area contributed by atoms with Gasteiger partial charge in [-0.1, -0.05) is 27.2 Å². The topological polar surface area (TPSA) is 37.8 Å². The van der Waals surface area contributed by atoms with Crippen LogP contribution in [0.2, 0.25) is 0 Å². The summed E-state index contributed by atoms with van der Waals surface area (Å²) in [5.74, 6) is 1.80. The number of rotatable bonds is 6. The van der Waals surface area contributed by atoms with Gasteiger partial charge in [0.1, 0.15) is 5.82 Å². The number of fused-ring (bicyclic) bond motifs is 1. The highest BCUT2D eigenvalue weighted by molar-refractivity contribution is 5.28. The van der Waals surface area contributed by atoms with E-state index in [2.05, 4.69) is 33.0 Å². The summed E-state index contributed by atoms with van der Waals surface area (Å²) in [6, 6.07) is 0.574. The van der Waals surface area contributed by atoms with Crippen molar-refractivity contribution in [3.05, 3.63) is 22.8 Å². The summed E-state index contributed by atoms with van der Waals surface area (Å²) in [5.41, 5.74) is 3.96. The molecule has 1 aromatic heterocycles. The summed E-state index contributed by atoms with van der Waals surface area (Å²) in [5, 5.41) is 3.56. The van der Waals surface area contributed by atoms with E-state index in [1.54, 1.807) is 0 Å². The zero-order valence-corrected chi connectivity index (χ0v) is 13.5. The Balaban J connectivity index is 2.05. The van der Waals surface area contributed by atoms with Crippen LogP contribution in [-0.2, 0) is 19.3 Å². The van der Waals surface area contributed by atoms with E-state index < -0.39 is 0 Å². The molecule has 0 aliphatic heterocycles. The van der Waals surface area contributed by atoms with Gasteiger partial charge >= 0.3 is 0 Å². The van der Waals surface area contributed by atoms with Gasteiger partial charge in [-0.2, -0.15) is 0 Å². The second-order valence-corrected chi connectivity index (χ2v) is 6.43. The number of unbranched alkanes of at least 4 members (excludes halogenated alkanes) is 1. The highest BCUT2D eigenvalue weighted by Crippen LogP contribution is 2.26. The Kier molecular flexibility index (Phi) is 5.53. The van der Waals surface area contributed by atoms with E-state index in [4.69, 9.17) is 9.97 Å². The fourth-order valence-corrected chi connectivity index (χ4v) is 2.95. The average molecular weight is 275 g/mol. The van der Waals surface area contributed by atoms with Crippen molar-refractivity contribution in [1.82, 2.24) is 15.3 Å². The lowest BCUT2D eigenvalue weighted by Gasteiger charge is -2.26. The molecule has 0 saturated carbocycles. The highest BCUT2D eigenvalue weighted by Gasteiger charge is 2.22. The number of nitrogens with one attached hydrogen (secondary N) is 1. The molecular weight excluding hydrogens is 246 g/mol. The Labute approximate surface area is 123 Å². The van der Waals surface area contributed by atoms with Gasteiger partial charge in [0.2, 0.25) is 0 Å². The molecule has 0 amide bonds. The molecule has 0 bridgehead atoms. The molecule has 0 saturated heterocycles. The Morgan fingerprint density at radius 2 is 2.10 bits per heavy atom. The van der Waals surface area contributed by atoms with E-state index in [9.17, 15) is 0 Å². The van der Waals surface area contributed by atoms with Crippen LogP contribution < -0.4 is 5.32 Å². The second-order valence-electron chi connectivity index (χ2n) is 6.43. The van der Waals surface area contributed by atoms with Gasteiger partial charge in [-0.3, -0.25) is 0 Å². The predicted molar refractivity (Wildman–Crippen MR) is 84.0 cm³/mol. The molecule has 1 aliphatic carbocycles. The fraction of sp³-hybridized carbons (Fsp3) is 0.765. The number of hydrogen-bond donors (Lipinski definition) is 1. The molecule has 0 aromatic carbocycles. The lowest BCUT2D eigenvalue weighted by atomic mass is 9.85. The van der Waals surface area contributed by atoms with Crippen molar-refractivity contribution in [3.8, 4) is 0 Å². The van der Waals surface area contributed by atoms with Crippen LogP contribution in [0.4, 0.5) is 0 Å². The molecular formula is C17H29N3. The molecule has 20 heavy (non-hydrogen) atoms. The smallest absolute Gasteiger partial charge is 0.128 e. The molecule has 1 atom stereocenters. The summed E-state index contributed by atoms with van der Waals surface area (Å²) in [7, 11) is 0. The Bertz CT molecular complexity index is 440. The van der Waals surface area contributed by atoms with E-state index in [1.807, 2.05) is 0 Å². The first-order chi connectivity index (χ1) is 9.60. The fourth-order valence-electron chi connectivity index (χ4n) is 2.95. The van der Waals surface area contributed by atoms with Crippen molar-refractivity contribution in [2.75, 3.05) is 6.54 Å². The monoisotopic (exact) mass is 275 g/mol. The van der Waals surface area contributed by atoms with E-state index in [1.165, 1.54) is 36.2 Å². The Hall–Kier alpha value is -0.960. The van der Waals surface area contributed by atoms with Gasteiger partial charge in [0, 0.05) is 23.9 Å². The van der Waals surface area contributed by atoms with Crippen molar-refractivity contribution in [1.29, 1.82) is 0 Å². The van der Waals surface area contributed by atoms with Crippen molar-refractivity contribution in [2.45, 2.75) is 72.3 Å². The maximum atomic E-state index is 4.81. The first-order valence-corrected chi connectivity index (χ1v) is 8.18. The quantitative estimate of drug-likeness (QED) is 0.866. The zero-order valence-electron chi connectivity index (χ0n) is 13.5. The van der Waals surface area contributed by atoms with Crippen molar-refractivity contribution in [2.24, 2.45) is 5.92 Å². The molecule has 112 valence electrons. The average Bonchev–Trinajstić information content (AvgIpc) is 2.43. The van der Waals surface area contributed by atoms with Gasteiger partial charge in [0.25, 0.3) is 0 Å². The number of hydrogen-bond acceptors (Lipinski definition) is 3. The lowest BCUT2D eigenvalue weighted by Crippen LogP contribution is -2.32. The molecule has 1 aliphatic rings. The Morgan fingerprint density at radius 1 is 1.30 bits per heavy atom. The third-order valence-corrected chi connectivity index (χ3v) is 4.20. The highest BCUT2D eigenvalue weighted by atomic mass is 14.9. The van der Waals surface area contributed by atoms with Crippen LogP contribution in [0.1, 0.15) is 62.8 Å². The summed E-state index contributed by atoms with van der Waals surface area (Å²) in [4.78, 5) is 9.53. The molecule has 3 nitrogen and oxygen atoms in total. The number of aryl methyl sites for hydroxylation is 3. The molecule has 0 radical (unpaired) electrons. The van der Waals surface area contributed by atoms with Gasteiger partial charge in [-0.25, -0.2) is 9.97 Å². The molecule has 3 heteroatoms. The molecule has 1 aromatic rings. The summed E-state index contributed by atoms with van der Waals surface area (Å²) >= 11 is 0. The van der Waals surface area contributed by atoms with E-state index in [0.717, 1.165) is 37.5 Å². The van der Waals surface area contributed by atoms with E-state index in [0.29, 0.717) is 6.04 Å². The standard InChI is InChI=1S/C17H29N3/c1-5-6-7-17-19-13(4)15-10-14(11-18-12(2)3)8-9-16(15)20-17/h12,14,18H,5-11H2,1-4H3. The molecule has 1 heterocycles. The maximum absolute atomic E-state index is 4.81. The lowest BCUT2D eigenvalue weighted by molar-refractivity contribution is 0.400. The third-order valence-electron chi connectivity index (χ3n) is 4.20. The SMILES string of the molecule is CCCCc1nc(C)c2c(n1)CCC(CNC(C)C)C2. The van der Waals surface area contributed by atoms with Gasteiger partial charge in [-0.15, -0.1) is 0 Å². The van der Waals surface area contributed by atoms with Crippen molar-refractivity contribution >= 4 is 0 Å². The van der Waals surface area contributed by atoms with Crippen LogP contribution in [-0.4, -0.2) is 22.6 Å². The van der Waals surface area contributed by atoms with Crippen LogP contribution in [0.25, 0.3) is 0 Å². The summed E-state index contributed by atoms with van der Waals surface area (Å²) < 4.78 is 0. The van der Waals surface area contributed by atoms with Crippen molar-refractivity contribution in [3.63, 3.8) is 0 Å². The maximum Gasteiger partial charge on any atom is 0.128 e. The zero-order chi connectivity index (χ0) is 14.5. The van der Waals surface area contributed by atoms with E-state index in [-0.39, 0.29) is 0 Å². The molecule has 2 rings (SSSR count). The predicted octanol–water partition coefficient (Wildman–Crippen LogP) is 3.23. The van der Waals surface area contributed by atoms with Crippen LogP contribution >= 0.6 is 0 Å². The third kappa shape index (κ3) is 4.02. The minimum atomic E-state index is 0.574. The molecule has 0 spiro atoms. The van der Waals surface area contributed by atoms with Gasteiger partial charge in [0.15, 0.2) is 0 Å². The van der Waals surface area contributed by atoms with Crippen LogP contribution in [0, 0.1) is 12.8 Å². The van der Waals surface area contributed by atoms with Gasteiger partial charge < -0.3 is 5.32 Å². The first-order valence-electron chi connectivity index (χ1n) is 8.18. The van der Waals surface area contributed by atoms with Crippen molar-refractivity contribution < 1.29 is 0 Å². The number of nitrogens with zero attached hydrogens (tertiary/aromatic N) is 2. The molecule has 1 unspecified atom stereocenters. The first kappa shape index (κ1) is 15.4. The largest absolute Gasteiger partial charge is 0.314 e. The minimum absolute atomic E-state index is 0.574. The minimum Gasteiger partial charge on any atom is -0.314 e. The van der Waals surface area contributed by atoms with Crippen LogP contribution in [0.3, 0.4) is 0 Å². The normalized spacial score (nSPS) is 18.4. The van der Waals surface area contributed by atoms with Gasteiger partial charge in [-0.05, 0) is 50.6 Å².